The van der Waals surface area contributed by atoms with Crippen LogP contribution in [0.5, 0.6) is 0 Å². The van der Waals surface area contributed by atoms with Crippen LogP contribution in [-0.4, -0.2) is 29.5 Å². The monoisotopic (exact) mass is 476 g/mol. The predicted molar refractivity (Wildman–Crippen MR) is 140 cm³/mol. The molecule has 0 saturated carbocycles. The molecule has 0 aromatic carbocycles. The lowest BCUT2D eigenvalue weighted by Gasteiger charge is -2.12. The number of aromatic nitrogens is 2. The highest BCUT2D eigenvalue weighted by Crippen LogP contribution is 2.23. The summed E-state index contributed by atoms with van der Waals surface area (Å²) in [7, 11) is 1.70. The summed E-state index contributed by atoms with van der Waals surface area (Å²) in [6.07, 6.45) is 19.2. The van der Waals surface area contributed by atoms with Gasteiger partial charge in [-0.15, -0.1) is 11.3 Å². The number of allylic oxidation sites excluding steroid dienone is 6. The van der Waals surface area contributed by atoms with Gasteiger partial charge in [-0.25, -0.2) is 9.97 Å². The molecule has 0 spiro atoms. The Labute approximate surface area is 205 Å². The lowest BCUT2D eigenvalue weighted by molar-refractivity contribution is -0.118. The van der Waals surface area contributed by atoms with Gasteiger partial charge in [0.1, 0.15) is 0 Å². The summed E-state index contributed by atoms with van der Waals surface area (Å²) in [5, 5.41) is 8.09. The summed E-state index contributed by atoms with van der Waals surface area (Å²) >= 11 is 1.67. The first-order chi connectivity index (χ1) is 16.5. The van der Waals surface area contributed by atoms with E-state index in [1.54, 1.807) is 24.6 Å². The van der Waals surface area contributed by atoms with Crippen LogP contribution in [0.3, 0.4) is 0 Å². The van der Waals surface area contributed by atoms with E-state index in [0.29, 0.717) is 18.4 Å². The average Bonchev–Trinajstić information content (AvgIpc) is 3.35. The molecule has 2 heterocycles. The Morgan fingerprint density at radius 1 is 1.24 bits per heavy atom. The maximum Gasteiger partial charge on any atom is 0.227 e. The second-order valence-electron chi connectivity index (χ2n) is 8.01. The van der Waals surface area contributed by atoms with Crippen molar-refractivity contribution in [2.24, 2.45) is 5.92 Å². The van der Waals surface area contributed by atoms with Crippen molar-refractivity contribution in [3.8, 4) is 10.6 Å². The molecule has 2 aromatic rings. The fourth-order valence-electron chi connectivity index (χ4n) is 3.41. The number of thiophene rings is 1. The number of nitrogens with zero attached hydrogens (tertiary/aromatic N) is 2. The van der Waals surface area contributed by atoms with Crippen LogP contribution in [0.1, 0.15) is 33.1 Å². The number of carbonyl (C=O) groups excluding carboxylic acids is 1. The van der Waals surface area contributed by atoms with E-state index in [1.165, 1.54) is 12.5 Å². The third-order valence-corrected chi connectivity index (χ3v) is 6.02. The summed E-state index contributed by atoms with van der Waals surface area (Å²) in [4.78, 5) is 20.6. The van der Waals surface area contributed by atoms with Crippen molar-refractivity contribution < 1.29 is 9.53 Å². The average molecular weight is 477 g/mol. The molecule has 1 atom stereocenters. The maximum absolute atomic E-state index is 10.6. The van der Waals surface area contributed by atoms with E-state index in [9.17, 15) is 4.79 Å². The van der Waals surface area contributed by atoms with Gasteiger partial charge in [-0.05, 0) is 54.0 Å². The molecule has 178 valence electrons. The van der Waals surface area contributed by atoms with Crippen molar-refractivity contribution >= 4 is 23.2 Å². The number of anilines is 1. The second kappa shape index (κ2) is 13.3. The first-order valence-electron chi connectivity index (χ1n) is 11.4. The van der Waals surface area contributed by atoms with Crippen LogP contribution in [0.4, 0.5) is 5.95 Å². The van der Waals surface area contributed by atoms with E-state index < -0.39 is 0 Å². The minimum absolute atomic E-state index is 0.0301. The van der Waals surface area contributed by atoms with Crippen molar-refractivity contribution in [1.29, 1.82) is 0 Å². The smallest absolute Gasteiger partial charge is 0.227 e. The summed E-state index contributed by atoms with van der Waals surface area (Å²) < 4.78 is 5.27. The van der Waals surface area contributed by atoms with Crippen molar-refractivity contribution in [2.45, 2.75) is 33.1 Å². The molecule has 2 aliphatic carbocycles. The SMILES string of the molecule is CC(=O)NCC1=CC(C)CC=C1.CO/C1=C/C/C=C(Nc2nccc(-c3cccs3)n2)\C=C/C1. The van der Waals surface area contributed by atoms with Gasteiger partial charge in [-0.1, -0.05) is 43.4 Å². The minimum Gasteiger partial charge on any atom is -0.501 e. The van der Waals surface area contributed by atoms with Crippen LogP contribution in [0.25, 0.3) is 10.6 Å². The second-order valence-corrected chi connectivity index (χ2v) is 8.96. The molecule has 34 heavy (non-hydrogen) atoms. The molecule has 2 aliphatic rings. The third-order valence-electron chi connectivity index (χ3n) is 5.13. The highest BCUT2D eigenvalue weighted by molar-refractivity contribution is 7.13. The van der Waals surface area contributed by atoms with Gasteiger partial charge < -0.3 is 15.4 Å². The number of ether oxygens (including phenoxy) is 1. The first-order valence-corrected chi connectivity index (χ1v) is 12.3. The zero-order chi connectivity index (χ0) is 24.2. The number of nitrogens with one attached hydrogen (secondary N) is 2. The van der Waals surface area contributed by atoms with E-state index >= 15 is 0 Å². The van der Waals surface area contributed by atoms with E-state index in [4.69, 9.17) is 4.74 Å². The van der Waals surface area contributed by atoms with Gasteiger partial charge in [-0.2, -0.15) is 0 Å². The molecule has 4 rings (SSSR count). The standard InChI is InChI=1S/C17H17N3OS.C10H15NO/c1-21-14-7-2-5-13(6-3-8-14)19-17-18-11-10-15(20-17)16-9-4-12-22-16;1-8-4-3-5-10(6-8)7-11-9(2)12/h2,4-6,8-12H,3,7H2,1H3,(H,18,19,20);3,5-6,8H,4,7H2,1-2H3,(H,11,12)/b5-2-,13-6+,14-8+;. The first kappa shape index (κ1) is 25.2. The zero-order valence-electron chi connectivity index (χ0n) is 20.0. The van der Waals surface area contributed by atoms with Crippen molar-refractivity contribution in [3.63, 3.8) is 0 Å². The lowest BCUT2D eigenvalue weighted by atomic mass is 9.98. The van der Waals surface area contributed by atoms with Crippen molar-refractivity contribution in [2.75, 3.05) is 19.0 Å². The molecular weight excluding hydrogens is 444 g/mol. The van der Waals surface area contributed by atoms with Crippen LogP contribution < -0.4 is 10.6 Å². The number of amides is 1. The molecule has 0 fully saturated rings. The Morgan fingerprint density at radius 2 is 2.12 bits per heavy atom. The molecule has 1 unspecified atom stereocenters. The summed E-state index contributed by atoms with van der Waals surface area (Å²) in [6, 6.07) is 6.00. The Morgan fingerprint density at radius 3 is 2.85 bits per heavy atom. The van der Waals surface area contributed by atoms with E-state index in [-0.39, 0.29) is 5.91 Å². The molecule has 0 bridgehead atoms. The molecule has 6 nitrogen and oxygen atoms in total. The highest BCUT2D eigenvalue weighted by Gasteiger charge is 2.05. The summed E-state index contributed by atoms with van der Waals surface area (Å²) in [5.41, 5.74) is 3.14. The van der Waals surface area contributed by atoms with Gasteiger partial charge in [0, 0.05) is 31.8 Å². The number of hydrogen-bond donors (Lipinski definition) is 2. The largest absolute Gasteiger partial charge is 0.501 e. The van der Waals surface area contributed by atoms with Gasteiger partial charge in [0.25, 0.3) is 0 Å². The van der Waals surface area contributed by atoms with Crippen molar-refractivity contribution in [3.05, 3.63) is 89.3 Å². The van der Waals surface area contributed by atoms with Crippen LogP contribution in [0.2, 0.25) is 0 Å². The highest BCUT2D eigenvalue weighted by atomic mass is 32.1. The number of carbonyl (C=O) groups is 1. The Hall–Kier alpha value is -3.45. The van der Waals surface area contributed by atoms with Crippen LogP contribution in [-0.2, 0) is 9.53 Å². The van der Waals surface area contributed by atoms with Crippen LogP contribution >= 0.6 is 11.3 Å². The fourth-order valence-corrected chi connectivity index (χ4v) is 4.10. The third kappa shape index (κ3) is 8.48. The topological polar surface area (TPSA) is 76.1 Å². The zero-order valence-corrected chi connectivity index (χ0v) is 20.8. The molecule has 2 N–H and O–H groups in total. The van der Waals surface area contributed by atoms with E-state index in [0.717, 1.165) is 41.3 Å². The predicted octanol–water partition coefficient (Wildman–Crippen LogP) is 6.03. The van der Waals surface area contributed by atoms with Gasteiger partial charge in [0.2, 0.25) is 11.9 Å². The maximum atomic E-state index is 10.6. The molecule has 0 aliphatic heterocycles. The Balaban J connectivity index is 0.000000229. The molecular formula is C27H32N4O2S. The normalized spacial score (nSPS) is 21.1. The van der Waals surface area contributed by atoms with Crippen LogP contribution in [0.15, 0.2) is 89.3 Å². The lowest BCUT2D eigenvalue weighted by Crippen LogP contribution is -2.22. The summed E-state index contributed by atoms with van der Waals surface area (Å²) in [6.45, 7) is 4.38. The molecule has 7 heteroatoms. The summed E-state index contributed by atoms with van der Waals surface area (Å²) in [5.74, 6) is 2.24. The van der Waals surface area contributed by atoms with Gasteiger partial charge in [0.05, 0.1) is 23.4 Å². The van der Waals surface area contributed by atoms with Crippen LogP contribution in [0, 0.1) is 5.92 Å². The van der Waals surface area contributed by atoms with Gasteiger partial charge in [-0.3, -0.25) is 4.79 Å². The number of methoxy groups -OCH3 is 1. The van der Waals surface area contributed by atoms with Gasteiger partial charge in [0.15, 0.2) is 0 Å². The van der Waals surface area contributed by atoms with Gasteiger partial charge >= 0.3 is 0 Å². The number of rotatable bonds is 6. The van der Waals surface area contributed by atoms with E-state index in [1.807, 2.05) is 23.6 Å². The fraction of sp³-hybridized carbons (Fsp3) is 0.296. The molecule has 0 radical (unpaired) electrons. The minimum atomic E-state index is 0.0301. The Bertz CT molecular complexity index is 1100. The molecule has 2 aromatic heterocycles. The Kier molecular flexibility index (Phi) is 9.85. The number of hydrogen-bond acceptors (Lipinski definition) is 6. The molecule has 0 saturated heterocycles. The molecule has 1 amide bonds. The van der Waals surface area contributed by atoms with Crippen molar-refractivity contribution in [1.82, 2.24) is 15.3 Å². The van der Waals surface area contributed by atoms with E-state index in [2.05, 4.69) is 70.0 Å². The quantitative estimate of drug-likeness (QED) is 0.533.